The minimum absolute atomic E-state index is 0.0140. The van der Waals surface area contributed by atoms with Crippen LogP contribution in [0.2, 0.25) is 0 Å². The number of fused-ring (bicyclic) bond motifs is 1. The van der Waals surface area contributed by atoms with Crippen LogP contribution in [0, 0.1) is 0 Å². The van der Waals surface area contributed by atoms with E-state index >= 15 is 0 Å². The Morgan fingerprint density at radius 2 is 1.91 bits per heavy atom. The van der Waals surface area contributed by atoms with Crippen LogP contribution in [0.1, 0.15) is 55.1 Å². The molecule has 1 atom stereocenters. The van der Waals surface area contributed by atoms with Crippen LogP contribution in [0.4, 0.5) is 0 Å². The zero-order valence-corrected chi connectivity index (χ0v) is 13.1. The van der Waals surface area contributed by atoms with E-state index in [9.17, 15) is 14.4 Å². The molecule has 1 saturated heterocycles. The summed E-state index contributed by atoms with van der Waals surface area (Å²) in [6.07, 6.45) is 0.681. The van der Waals surface area contributed by atoms with Crippen LogP contribution in [0.25, 0.3) is 0 Å². The minimum Gasteiger partial charge on any atom is -0.322 e. The van der Waals surface area contributed by atoms with Crippen LogP contribution in [0.3, 0.4) is 0 Å². The van der Waals surface area contributed by atoms with Gasteiger partial charge in [-0.2, -0.15) is 0 Å². The van der Waals surface area contributed by atoms with Gasteiger partial charge in [-0.25, -0.2) is 0 Å². The van der Waals surface area contributed by atoms with Gasteiger partial charge in [-0.1, -0.05) is 32.9 Å². The van der Waals surface area contributed by atoms with Crippen LogP contribution >= 0.6 is 0 Å². The topological polar surface area (TPSA) is 66.5 Å². The molecule has 0 radical (unpaired) electrons. The molecule has 0 bridgehead atoms. The van der Waals surface area contributed by atoms with Gasteiger partial charge >= 0.3 is 0 Å². The first-order valence-electron chi connectivity index (χ1n) is 7.55. The summed E-state index contributed by atoms with van der Waals surface area (Å²) < 4.78 is 0. The highest BCUT2D eigenvalue weighted by Gasteiger charge is 2.39. The smallest absolute Gasteiger partial charge is 0.255 e. The SMILES string of the molecule is CC(C)(C)c1ccc2c(c1)CN(C1CCC(=O)NC1=O)C2=O. The minimum atomic E-state index is -0.546. The van der Waals surface area contributed by atoms with Crippen LogP contribution in [-0.4, -0.2) is 28.7 Å². The normalized spacial score (nSPS) is 21.9. The van der Waals surface area contributed by atoms with Crippen molar-refractivity contribution in [3.05, 3.63) is 34.9 Å². The van der Waals surface area contributed by atoms with E-state index in [0.29, 0.717) is 18.5 Å². The van der Waals surface area contributed by atoms with E-state index in [1.54, 1.807) is 4.90 Å². The fraction of sp³-hybridized carbons (Fsp3) is 0.471. The number of hydrogen-bond acceptors (Lipinski definition) is 3. The molecule has 2 heterocycles. The number of carbonyl (C=O) groups excluding carboxylic acids is 3. The number of rotatable bonds is 1. The van der Waals surface area contributed by atoms with Crippen LogP contribution < -0.4 is 5.32 Å². The predicted octanol–water partition coefficient (Wildman–Crippen LogP) is 1.75. The first kappa shape index (κ1) is 14.8. The Morgan fingerprint density at radius 1 is 1.18 bits per heavy atom. The number of hydrogen-bond donors (Lipinski definition) is 1. The van der Waals surface area contributed by atoms with Crippen LogP contribution in [-0.2, 0) is 21.5 Å². The fourth-order valence-corrected chi connectivity index (χ4v) is 3.04. The summed E-state index contributed by atoms with van der Waals surface area (Å²) in [5, 5.41) is 2.32. The Morgan fingerprint density at radius 3 is 2.55 bits per heavy atom. The molecular formula is C17H20N2O3. The monoisotopic (exact) mass is 300 g/mol. The van der Waals surface area contributed by atoms with Crippen molar-refractivity contribution in [3.63, 3.8) is 0 Å². The summed E-state index contributed by atoms with van der Waals surface area (Å²) >= 11 is 0. The lowest BCUT2D eigenvalue weighted by atomic mass is 9.85. The van der Waals surface area contributed by atoms with E-state index in [-0.39, 0.29) is 29.6 Å². The van der Waals surface area contributed by atoms with Crippen molar-refractivity contribution >= 4 is 17.7 Å². The molecular weight excluding hydrogens is 280 g/mol. The molecule has 1 N–H and O–H groups in total. The molecule has 2 aliphatic heterocycles. The third-order valence-corrected chi connectivity index (χ3v) is 4.39. The number of amides is 3. The molecule has 1 unspecified atom stereocenters. The van der Waals surface area contributed by atoms with Crippen molar-refractivity contribution in [2.24, 2.45) is 0 Å². The third kappa shape index (κ3) is 2.40. The van der Waals surface area contributed by atoms with E-state index < -0.39 is 6.04 Å². The highest BCUT2D eigenvalue weighted by molar-refractivity contribution is 6.05. The number of benzene rings is 1. The zero-order valence-electron chi connectivity index (χ0n) is 13.1. The first-order valence-corrected chi connectivity index (χ1v) is 7.55. The predicted molar refractivity (Wildman–Crippen MR) is 81.2 cm³/mol. The molecule has 2 aliphatic rings. The van der Waals surface area contributed by atoms with Gasteiger partial charge in [0.25, 0.3) is 5.91 Å². The molecule has 1 aromatic carbocycles. The second kappa shape index (κ2) is 4.93. The van der Waals surface area contributed by atoms with Crippen LogP contribution in [0.15, 0.2) is 18.2 Å². The first-order chi connectivity index (χ1) is 10.3. The van der Waals surface area contributed by atoms with Gasteiger partial charge in [-0.05, 0) is 29.0 Å². The lowest BCUT2D eigenvalue weighted by Crippen LogP contribution is -2.52. The lowest BCUT2D eigenvalue weighted by molar-refractivity contribution is -0.136. The largest absolute Gasteiger partial charge is 0.322 e. The van der Waals surface area contributed by atoms with E-state index in [1.165, 1.54) is 5.56 Å². The molecule has 1 fully saturated rings. The highest BCUT2D eigenvalue weighted by atomic mass is 16.2. The standard InChI is InChI=1S/C17H20N2O3/c1-17(2,3)11-4-5-12-10(8-11)9-19(16(12)22)13-6-7-14(20)18-15(13)21/h4-5,8,13H,6-7,9H2,1-3H3,(H,18,20,21). The molecule has 0 spiro atoms. The van der Waals surface area contributed by atoms with Gasteiger partial charge in [-0.15, -0.1) is 0 Å². The van der Waals surface area contributed by atoms with Gasteiger partial charge in [-0.3, -0.25) is 19.7 Å². The van der Waals surface area contributed by atoms with E-state index in [2.05, 4.69) is 32.2 Å². The summed E-state index contributed by atoms with van der Waals surface area (Å²) in [6.45, 7) is 6.82. The molecule has 0 saturated carbocycles. The van der Waals surface area contributed by atoms with Gasteiger partial charge in [0.05, 0.1) is 0 Å². The molecule has 116 valence electrons. The van der Waals surface area contributed by atoms with Crippen molar-refractivity contribution in [2.75, 3.05) is 0 Å². The average molecular weight is 300 g/mol. The number of piperidine rings is 1. The quantitative estimate of drug-likeness (QED) is 0.803. The van der Waals surface area contributed by atoms with Crippen LogP contribution in [0.5, 0.6) is 0 Å². The molecule has 5 heteroatoms. The molecule has 3 amide bonds. The highest BCUT2D eigenvalue weighted by Crippen LogP contribution is 2.31. The van der Waals surface area contributed by atoms with Crippen molar-refractivity contribution < 1.29 is 14.4 Å². The van der Waals surface area contributed by atoms with Crippen molar-refractivity contribution in [1.82, 2.24) is 10.2 Å². The van der Waals surface area contributed by atoms with Gasteiger partial charge in [0.2, 0.25) is 11.8 Å². The van der Waals surface area contributed by atoms with Gasteiger partial charge < -0.3 is 4.90 Å². The summed E-state index contributed by atoms with van der Waals surface area (Å²) in [5.41, 5.74) is 2.81. The Balaban J connectivity index is 1.88. The number of nitrogens with zero attached hydrogens (tertiary/aromatic N) is 1. The van der Waals surface area contributed by atoms with Crippen molar-refractivity contribution in [1.29, 1.82) is 0 Å². The van der Waals surface area contributed by atoms with E-state index in [4.69, 9.17) is 0 Å². The summed E-state index contributed by atoms with van der Waals surface area (Å²) in [5.74, 6) is -0.751. The maximum atomic E-state index is 12.5. The number of imide groups is 1. The molecule has 0 aromatic heterocycles. The molecule has 3 rings (SSSR count). The van der Waals surface area contributed by atoms with Crippen molar-refractivity contribution in [3.8, 4) is 0 Å². The maximum Gasteiger partial charge on any atom is 0.255 e. The maximum absolute atomic E-state index is 12.5. The lowest BCUT2D eigenvalue weighted by Gasteiger charge is -2.29. The molecule has 0 aliphatic carbocycles. The average Bonchev–Trinajstić information content (AvgIpc) is 2.75. The summed E-state index contributed by atoms with van der Waals surface area (Å²) in [6, 6.07) is 5.34. The fourth-order valence-electron chi connectivity index (χ4n) is 3.04. The van der Waals surface area contributed by atoms with Gasteiger partial charge in [0.1, 0.15) is 6.04 Å². The van der Waals surface area contributed by atoms with Gasteiger partial charge in [0.15, 0.2) is 0 Å². The molecule has 5 nitrogen and oxygen atoms in total. The Bertz CT molecular complexity index is 673. The summed E-state index contributed by atoms with van der Waals surface area (Å²) in [4.78, 5) is 37.4. The number of carbonyl (C=O) groups is 3. The second-order valence-electron chi connectivity index (χ2n) is 7.02. The second-order valence-corrected chi connectivity index (χ2v) is 7.02. The zero-order chi connectivity index (χ0) is 16.1. The van der Waals surface area contributed by atoms with Crippen molar-refractivity contribution in [2.45, 2.75) is 51.6 Å². The molecule has 22 heavy (non-hydrogen) atoms. The number of nitrogens with one attached hydrogen (secondary N) is 1. The van der Waals surface area contributed by atoms with E-state index in [0.717, 1.165) is 5.56 Å². The Labute approximate surface area is 129 Å². The Hall–Kier alpha value is -2.17. The Kier molecular flexibility index (Phi) is 3.31. The van der Waals surface area contributed by atoms with E-state index in [1.807, 2.05) is 12.1 Å². The summed E-state index contributed by atoms with van der Waals surface area (Å²) in [7, 11) is 0. The molecule has 1 aromatic rings. The van der Waals surface area contributed by atoms with Gasteiger partial charge in [0, 0.05) is 18.5 Å². The third-order valence-electron chi connectivity index (χ3n) is 4.39.